The first-order valence-corrected chi connectivity index (χ1v) is 7.17. The molecule has 1 rings (SSSR count). The van der Waals surface area contributed by atoms with E-state index in [1.54, 1.807) is 0 Å². The van der Waals surface area contributed by atoms with Gasteiger partial charge in [-0.25, -0.2) is 0 Å². The minimum atomic E-state index is -0.546. The molecule has 1 fully saturated rings. The highest BCUT2D eigenvalue weighted by atomic mass is 15.1. The smallest absolute Gasteiger partial charge is 0.110 e. The first-order chi connectivity index (χ1) is 9.12. The lowest BCUT2D eigenvalue weighted by molar-refractivity contribution is 0.228. The summed E-state index contributed by atoms with van der Waals surface area (Å²) >= 11 is 0. The first-order valence-electron chi connectivity index (χ1n) is 7.17. The van der Waals surface area contributed by atoms with E-state index in [4.69, 9.17) is 11.7 Å². The second kappa shape index (κ2) is 6.60. The third-order valence-corrected chi connectivity index (χ3v) is 4.57. The molecule has 1 aliphatic carbocycles. The number of hydrogen-bond donors (Lipinski definition) is 1. The maximum atomic E-state index is 9.67. The summed E-state index contributed by atoms with van der Waals surface area (Å²) in [5.41, 5.74) is -0.944. The zero-order valence-electron chi connectivity index (χ0n) is 12.0. The van der Waals surface area contributed by atoms with Gasteiger partial charge in [-0.3, -0.25) is 5.32 Å². The monoisotopic (exact) mass is 257 g/mol. The number of hydrogen-bond acceptors (Lipinski definition) is 3. The highest BCUT2D eigenvalue weighted by molar-refractivity contribution is 5.22. The maximum absolute atomic E-state index is 9.67. The van der Waals surface area contributed by atoms with Crippen LogP contribution >= 0.6 is 0 Å². The van der Waals surface area contributed by atoms with Crippen molar-refractivity contribution in [1.29, 1.82) is 10.5 Å². The van der Waals surface area contributed by atoms with Crippen LogP contribution in [-0.2, 0) is 0 Å². The largest absolute Gasteiger partial charge is 0.283 e. The van der Waals surface area contributed by atoms with E-state index in [0.29, 0.717) is 6.42 Å². The van der Waals surface area contributed by atoms with Crippen molar-refractivity contribution in [2.24, 2.45) is 5.92 Å². The van der Waals surface area contributed by atoms with Gasteiger partial charge in [0.15, 0.2) is 0 Å². The molecule has 2 unspecified atom stereocenters. The number of nitrogens with zero attached hydrogens (tertiary/aromatic N) is 2. The van der Waals surface area contributed by atoms with Crippen LogP contribution in [0.2, 0.25) is 0 Å². The Kier molecular flexibility index (Phi) is 5.41. The Morgan fingerprint density at radius 3 is 2.53 bits per heavy atom. The van der Waals surface area contributed by atoms with Crippen molar-refractivity contribution < 1.29 is 0 Å². The molecule has 0 bridgehead atoms. The fraction of sp³-hybridized carbons (Fsp3) is 0.750. The van der Waals surface area contributed by atoms with Gasteiger partial charge in [-0.15, -0.1) is 6.42 Å². The van der Waals surface area contributed by atoms with Gasteiger partial charge >= 0.3 is 0 Å². The molecule has 0 amide bonds. The Labute approximate surface area is 117 Å². The zero-order valence-corrected chi connectivity index (χ0v) is 12.0. The van der Waals surface area contributed by atoms with E-state index in [9.17, 15) is 5.26 Å². The van der Waals surface area contributed by atoms with Crippen molar-refractivity contribution in [2.75, 3.05) is 0 Å². The molecule has 2 atom stereocenters. The SMILES string of the molecule is C#CC(CC)(CC)NC1(C#N)CCCC1CCC#N. The Morgan fingerprint density at radius 1 is 1.37 bits per heavy atom. The fourth-order valence-electron chi connectivity index (χ4n) is 3.14. The molecule has 0 aromatic heterocycles. The summed E-state index contributed by atoms with van der Waals surface area (Å²) in [5, 5.41) is 21.9. The van der Waals surface area contributed by atoms with Crippen molar-refractivity contribution in [2.45, 2.75) is 69.9 Å². The summed E-state index contributed by atoms with van der Waals surface area (Å²) in [5.74, 6) is 3.09. The molecule has 0 aromatic carbocycles. The van der Waals surface area contributed by atoms with E-state index < -0.39 is 11.1 Å². The van der Waals surface area contributed by atoms with Gasteiger partial charge in [-0.1, -0.05) is 26.2 Å². The predicted octanol–water partition coefficient (Wildman–Crippen LogP) is 3.13. The molecule has 1 N–H and O–H groups in total. The van der Waals surface area contributed by atoms with Crippen LogP contribution in [0, 0.1) is 40.9 Å². The zero-order chi connectivity index (χ0) is 14.4. The average Bonchev–Trinajstić information content (AvgIpc) is 2.86. The number of nitrogens with one attached hydrogen (secondary N) is 1. The predicted molar refractivity (Wildman–Crippen MR) is 75.8 cm³/mol. The molecule has 19 heavy (non-hydrogen) atoms. The Bertz CT molecular complexity index is 417. The summed E-state index contributed by atoms with van der Waals surface area (Å²) in [4.78, 5) is 0. The molecule has 0 heterocycles. The van der Waals surface area contributed by atoms with Gasteiger partial charge in [0, 0.05) is 6.42 Å². The summed E-state index contributed by atoms with van der Waals surface area (Å²) in [6.07, 6.45) is 11.5. The number of nitriles is 2. The van der Waals surface area contributed by atoms with Crippen LogP contribution in [0.5, 0.6) is 0 Å². The van der Waals surface area contributed by atoms with Gasteiger partial charge in [0.2, 0.25) is 0 Å². The number of terminal acetylenes is 1. The summed E-state index contributed by atoms with van der Waals surface area (Å²) < 4.78 is 0. The lowest BCUT2D eigenvalue weighted by Gasteiger charge is -2.39. The first kappa shape index (κ1) is 15.6. The summed E-state index contributed by atoms with van der Waals surface area (Å²) in [7, 11) is 0. The third kappa shape index (κ3) is 3.09. The van der Waals surface area contributed by atoms with E-state index in [1.807, 2.05) is 0 Å². The van der Waals surface area contributed by atoms with Gasteiger partial charge in [0.1, 0.15) is 5.54 Å². The minimum absolute atomic E-state index is 0.239. The van der Waals surface area contributed by atoms with Crippen molar-refractivity contribution in [3.63, 3.8) is 0 Å². The van der Waals surface area contributed by atoms with Crippen LogP contribution in [0.15, 0.2) is 0 Å². The quantitative estimate of drug-likeness (QED) is 0.744. The van der Waals surface area contributed by atoms with Gasteiger partial charge in [-0.05, 0) is 38.0 Å². The van der Waals surface area contributed by atoms with Gasteiger partial charge in [0.05, 0.1) is 17.7 Å². The van der Waals surface area contributed by atoms with E-state index in [-0.39, 0.29) is 5.92 Å². The minimum Gasteiger partial charge on any atom is -0.283 e. The molecular weight excluding hydrogens is 234 g/mol. The van der Waals surface area contributed by atoms with E-state index in [1.165, 1.54) is 0 Å². The van der Waals surface area contributed by atoms with Gasteiger partial charge < -0.3 is 0 Å². The third-order valence-electron chi connectivity index (χ3n) is 4.57. The van der Waals surface area contributed by atoms with Crippen molar-refractivity contribution >= 4 is 0 Å². The second-order valence-corrected chi connectivity index (χ2v) is 5.43. The molecular formula is C16H23N3. The van der Waals surface area contributed by atoms with Crippen LogP contribution in [0.1, 0.15) is 58.8 Å². The Morgan fingerprint density at radius 2 is 2.05 bits per heavy atom. The van der Waals surface area contributed by atoms with E-state index >= 15 is 0 Å². The summed E-state index contributed by atoms with van der Waals surface area (Å²) in [6, 6.07) is 4.66. The molecule has 1 aliphatic rings. The van der Waals surface area contributed by atoms with Crippen molar-refractivity contribution in [3.05, 3.63) is 0 Å². The normalized spacial score (nSPS) is 26.4. The van der Waals surface area contributed by atoms with Crippen LogP contribution in [0.25, 0.3) is 0 Å². The van der Waals surface area contributed by atoms with Crippen LogP contribution in [0.3, 0.4) is 0 Å². The Hall–Kier alpha value is -1.50. The van der Waals surface area contributed by atoms with E-state index in [2.05, 4.69) is 37.2 Å². The fourth-order valence-corrected chi connectivity index (χ4v) is 3.14. The molecule has 102 valence electrons. The molecule has 3 heteroatoms. The molecule has 0 radical (unpaired) electrons. The van der Waals surface area contributed by atoms with Crippen molar-refractivity contribution in [3.8, 4) is 24.5 Å². The summed E-state index contributed by atoms with van der Waals surface area (Å²) in [6.45, 7) is 4.11. The van der Waals surface area contributed by atoms with Crippen LogP contribution < -0.4 is 5.32 Å². The lowest BCUT2D eigenvalue weighted by Crippen LogP contribution is -2.58. The lowest BCUT2D eigenvalue weighted by atomic mass is 9.81. The topological polar surface area (TPSA) is 59.6 Å². The average molecular weight is 257 g/mol. The van der Waals surface area contributed by atoms with E-state index in [0.717, 1.165) is 38.5 Å². The molecule has 3 nitrogen and oxygen atoms in total. The maximum Gasteiger partial charge on any atom is 0.110 e. The van der Waals surface area contributed by atoms with Gasteiger partial charge in [-0.2, -0.15) is 10.5 Å². The highest BCUT2D eigenvalue weighted by Gasteiger charge is 2.46. The van der Waals surface area contributed by atoms with Gasteiger partial charge in [0.25, 0.3) is 0 Å². The Balaban J connectivity index is 2.95. The standard InChI is InChI=1S/C16H23N3/c1-4-15(5-2,6-3)19-16(13-18)11-7-9-14(16)10-8-12-17/h1,14,19H,5-11H2,2-3H3. The molecule has 0 spiro atoms. The van der Waals surface area contributed by atoms with Crippen LogP contribution in [-0.4, -0.2) is 11.1 Å². The molecule has 0 aromatic rings. The van der Waals surface area contributed by atoms with Crippen molar-refractivity contribution in [1.82, 2.24) is 5.32 Å². The molecule has 0 saturated heterocycles. The molecule has 1 saturated carbocycles. The molecule has 0 aliphatic heterocycles. The number of rotatable bonds is 6. The highest BCUT2D eigenvalue weighted by Crippen LogP contribution is 2.40. The second-order valence-electron chi connectivity index (χ2n) is 5.43. The van der Waals surface area contributed by atoms with Crippen LogP contribution in [0.4, 0.5) is 0 Å².